The number of aromatic hydroxyl groups is 6. The summed E-state index contributed by atoms with van der Waals surface area (Å²) in [5.74, 6) is 1.06. The molecule has 8 aromatic rings. The summed E-state index contributed by atoms with van der Waals surface area (Å²) in [4.78, 5) is 0. The first-order valence-corrected chi connectivity index (χ1v) is 42.6. The van der Waals surface area contributed by atoms with Crippen LogP contribution < -0.4 is 34.4 Å². The lowest BCUT2D eigenvalue weighted by Gasteiger charge is -2.33. The van der Waals surface area contributed by atoms with Gasteiger partial charge in [0.1, 0.15) is 34.5 Å². The van der Waals surface area contributed by atoms with Gasteiger partial charge in [0, 0.05) is 22.0 Å². The Labute approximate surface area is 785 Å². The zero-order chi connectivity index (χ0) is 101. The van der Waals surface area contributed by atoms with Crippen LogP contribution in [0.1, 0.15) is 166 Å². The van der Waals surface area contributed by atoms with Crippen molar-refractivity contribution in [3.63, 3.8) is 0 Å². The van der Waals surface area contributed by atoms with Gasteiger partial charge in [0.15, 0.2) is 0 Å². The van der Waals surface area contributed by atoms with E-state index in [2.05, 4.69) is 146 Å². The van der Waals surface area contributed by atoms with E-state index in [4.69, 9.17) is 110 Å². The molecule has 0 aliphatic heterocycles. The number of hydrogen-bond acceptors (Lipinski definition) is 24. The summed E-state index contributed by atoms with van der Waals surface area (Å²) in [6.45, 7) is 38.0. The van der Waals surface area contributed by atoms with Crippen molar-refractivity contribution in [3.05, 3.63) is 359 Å². The van der Waals surface area contributed by atoms with Gasteiger partial charge in [-0.15, -0.1) is 0 Å². The predicted molar refractivity (Wildman–Crippen MR) is 563 cm³/mol. The van der Waals surface area contributed by atoms with E-state index in [-0.39, 0.29) is 136 Å². The number of benzene rings is 8. The molecule has 14 rings (SSSR count). The largest absolute Gasteiger partial charge is 0.506 e. The molecule has 0 spiro atoms. The van der Waals surface area contributed by atoms with Crippen LogP contribution in [0.4, 0.5) is 34.1 Å². The van der Waals surface area contributed by atoms with Crippen molar-refractivity contribution in [3.8, 4) is 34.5 Å². The lowest BCUT2D eigenvalue weighted by molar-refractivity contribution is 0.284. The van der Waals surface area contributed by atoms with Crippen molar-refractivity contribution < 1.29 is 30.6 Å². The summed E-state index contributed by atoms with van der Waals surface area (Å²) in [6.07, 6.45) is 41.3. The van der Waals surface area contributed by atoms with Crippen LogP contribution in [0.15, 0.2) is 304 Å². The number of phenols is 6. The standard InChI is InChI=1S/C24H27NO.C14H23NO.C11H17NO.C10H15NO.2C7H9NO.6C6H6N2/c1-23(2,17-11-7-5-8-12-17)19-15-20(22(26)21(25)16-19)24(3,4)18-13-9-6-10-14-18;1-13(2,3)9-14(4,5)10-6-7-12(16)11(15)8-10;1-7-5-8(11(2,3)4)10(13)9(12)6-7;1-10(2,3)7-4-5-9(12)8(11)6-7;1-5-2-3-7(9)6(8)4-5;1-5-3-2-4-6(8)7(5)9;6*7-5-3-1-2-4-6(5)8/h5-16,26H,25H2,1-4H3;6-8,16H,9,15H2,1-5H3;5-6,13H,12H2,1-4H3;4-6,12H,11H2,1-3H3;2*2-4,9H,8H2,1H3;6*1-4,7-8H. The van der Waals surface area contributed by atoms with E-state index in [0.717, 1.165) is 50.9 Å². The van der Waals surface area contributed by atoms with Crippen molar-refractivity contribution in [2.75, 3.05) is 34.4 Å². The van der Waals surface area contributed by atoms with Crippen molar-refractivity contribution in [1.82, 2.24) is 0 Å². The molecule has 0 amide bonds. The lowest BCUT2D eigenvalue weighted by atomic mass is 9.72. The molecule has 0 saturated carbocycles. The van der Waals surface area contributed by atoms with Crippen molar-refractivity contribution in [2.24, 2.45) is 5.41 Å². The highest BCUT2D eigenvalue weighted by atomic mass is 16.3. The number of anilines is 6. The van der Waals surface area contributed by atoms with Gasteiger partial charge in [-0.2, -0.15) is 0 Å². The lowest BCUT2D eigenvalue weighted by Crippen LogP contribution is -2.24. The Bertz CT molecular complexity index is 5450. The zero-order valence-corrected chi connectivity index (χ0v) is 79.7. The summed E-state index contributed by atoms with van der Waals surface area (Å²) >= 11 is 0. The van der Waals surface area contributed by atoms with Crippen LogP contribution in [0.5, 0.6) is 34.5 Å². The fraction of sp³-hybridized carbons (Fsp3) is 0.229. The third-order valence-electron chi connectivity index (χ3n) is 20.3. The molecule has 0 unspecified atom stereocenters. The molecular weight excluding hydrogens is 1660 g/mol. The maximum Gasteiger partial charge on any atom is 0.142 e. The molecule has 24 nitrogen and oxygen atoms in total. The SMILES string of the molecule is CC(C)(C)CC(C)(C)c1ccc(O)c(N)c1.CC(C)(C)c1ccc(O)c(N)c1.CC(C)(c1ccccc1)c1cc(N)c(O)c(C(C)(C)c2ccccc2)c1.Cc1cc(N)c(O)c(C(C)(C)C)c1.Cc1ccc(O)c(N)c1.Cc1cccc(N)c1O.N=C1C=CC=CC1=N.N=C1C=CC=CC1=N.N=C1C=CC=CC1=N.N=C1C=CC=CC1=N.N=C1C=CC=CC1=N.N=C1C=CC=CC1=N. The van der Waals surface area contributed by atoms with E-state index in [9.17, 15) is 20.4 Å². The maximum atomic E-state index is 10.7. The molecule has 0 fully saturated rings. The molecule has 6 aliphatic carbocycles. The fourth-order valence-electron chi connectivity index (χ4n) is 12.6. The highest BCUT2D eigenvalue weighted by molar-refractivity contribution is 6.51. The third kappa shape index (κ3) is 38.2. The summed E-state index contributed by atoms with van der Waals surface area (Å²) in [5, 5.41) is 141. The van der Waals surface area contributed by atoms with Crippen LogP contribution in [-0.2, 0) is 27.1 Å². The van der Waals surface area contributed by atoms with E-state index in [0.29, 0.717) is 34.1 Å². The minimum Gasteiger partial charge on any atom is -0.506 e. The molecular formula is C109H136N18O6. The summed E-state index contributed by atoms with van der Waals surface area (Å²) in [6, 6.07) is 49.6. The minimum absolute atomic E-state index is 0.0653. The number of phenolic OH excluding ortho intramolecular Hbond substituents is 6. The second-order valence-corrected chi connectivity index (χ2v) is 36.2. The second-order valence-electron chi connectivity index (χ2n) is 36.2. The number of rotatable bonds is 6. The molecule has 8 aromatic carbocycles. The third-order valence-corrected chi connectivity index (χ3v) is 20.3. The van der Waals surface area contributed by atoms with Gasteiger partial charge in [0.25, 0.3) is 0 Å². The van der Waals surface area contributed by atoms with Gasteiger partial charge in [-0.05, 0) is 221 Å². The average molecular weight is 1790 g/mol. The van der Waals surface area contributed by atoms with Crippen LogP contribution in [0.2, 0.25) is 0 Å². The molecule has 698 valence electrons. The molecule has 0 heterocycles. The van der Waals surface area contributed by atoms with Gasteiger partial charge in [-0.25, -0.2) is 0 Å². The molecule has 30 N–H and O–H groups in total. The monoisotopic (exact) mass is 1790 g/mol. The summed E-state index contributed by atoms with van der Waals surface area (Å²) in [5.41, 5.74) is 50.3. The summed E-state index contributed by atoms with van der Waals surface area (Å²) in [7, 11) is 0. The number of hydrogen-bond donors (Lipinski definition) is 24. The molecule has 24 heteroatoms. The Morgan fingerprint density at radius 1 is 0.233 bits per heavy atom. The highest BCUT2D eigenvalue weighted by Crippen LogP contribution is 2.45. The second kappa shape index (κ2) is 51.5. The van der Waals surface area contributed by atoms with Gasteiger partial charge >= 0.3 is 0 Å². The maximum absolute atomic E-state index is 10.7. The first-order chi connectivity index (χ1) is 61.8. The molecule has 0 saturated heterocycles. The first kappa shape index (κ1) is 111. The van der Waals surface area contributed by atoms with E-state index in [1.807, 2.05) is 99.6 Å². The van der Waals surface area contributed by atoms with Gasteiger partial charge in [-0.3, -0.25) is 64.9 Å². The molecule has 133 heavy (non-hydrogen) atoms. The number of nitrogen functional groups attached to an aromatic ring is 6. The van der Waals surface area contributed by atoms with Crippen molar-refractivity contribution >= 4 is 103 Å². The summed E-state index contributed by atoms with van der Waals surface area (Å²) < 4.78 is 0. The molecule has 6 aliphatic rings. The Kier molecular flexibility index (Phi) is 43.1. The zero-order valence-electron chi connectivity index (χ0n) is 79.7. The minimum atomic E-state index is -0.359. The molecule has 0 aromatic heterocycles. The van der Waals surface area contributed by atoms with E-state index in [1.54, 1.807) is 182 Å². The topological polar surface area (TPSA) is 564 Å². The Morgan fingerprint density at radius 2 is 0.519 bits per heavy atom. The van der Waals surface area contributed by atoms with E-state index in [1.165, 1.54) is 11.1 Å². The highest BCUT2D eigenvalue weighted by Gasteiger charge is 2.32. The Morgan fingerprint density at radius 3 is 0.805 bits per heavy atom. The quantitative estimate of drug-likeness (QED) is 0.0420. The van der Waals surface area contributed by atoms with Gasteiger partial charge in [-0.1, -0.05) is 280 Å². The number of aryl methyl sites for hydroxylation is 3. The number of nitrogens with one attached hydrogen (secondary N) is 12. The van der Waals surface area contributed by atoms with Crippen LogP contribution >= 0.6 is 0 Å². The smallest absolute Gasteiger partial charge is 0.142 e. The van der Waals surface area contributed by atoms with Crippen molar-refractivity contribution in [2.45, 2.75) is 158 Å². The fourth-order valence-corrected chi connectivity index (χ4v) is 12.6. The van der Waals surface area contributed by atoms with Gasteiger partial charge in [0.2, 0.25) is 0 Å². The number of para-hydroxylation sites is 1. The first-order valence-electron chi connectivity index (χ1n) is 42.6. The van der Waals surface area contributed by atoms with Crippen LogP contribution in [0, 0.1) is 91.1 Å². The normalized spacial score (nSPS) is 13.7. The number of nitrogens with two attached hydrogens (primary N) is 6. The van der Waals surface area contributed by atoms with Crippen LogP contribution in [0.3, 0.4) is 0 Å². The number of allylic oxidation sites excluding steroid dienone is 24. The molecule has 0 radical (unpaired) electrons. The van der Waals surface area contributed by atoms with Gasteiger partial charge in [0.05, 0.1) is 103 Å². The van der Waals surface area contributed by atoms with Crippen LogP contribution in [-0.4, -0.2) is 99.2 Å². The predicted octanol–water partition coefficient (Wildman–Crippen LogP) is 23.6. The van der Waals surface area contributed by atoms with Crippen molar-refractivity contribution in [1.29, 1.82) is 64.9 Å². The van der Waals surface area contributed by atoms with Crippen LogP contribution in [0.25, 0.3) is 0 Å². The van der Waals surface area contributed by atoms with Gasteiger partial charge < -0.3 is 65.0 Å². The molecule has 0 atom stereocenters. The average Bonchev–Trinajstić information content (AvgIpc) is 0.758. The van der Waals surface area contributed by atoms with E-state index >= 15 is 0 Å². The molecule has 0 bridgehead atoms. The Balaban J connectivity index is 0.000000383. The van der Waals surface area contributed by atoms with E-state index < -0.39 is 0 Å². The Hall–Kier alpha value is -15.7.